The lowest BCUT2D eigenvalue weighted by atomic mass is 9.84. The van der Waals surface area contributed by atoms with Crippen LogP contribution in [-0.4, -0.2) is 28.8 Å². The van der Waals surface area contributed by atoms with E-state index in [-0.39, 0.29) is 17.8 Å². The fourth-order valence-corrected chi connectivity index (χ4v) is 4.62. The molecule has 2 heterocycles. The maximum Gasteiger partial charge on any atom is 0.321 e. The number of nitrogens with one attached hydrogen (secondary N) is 1. The van der Waals surface area contributed by atoms with Gasteiger partial charge in [-0.1, -0.05) is 91.0 Å². The van der Waals surface area contributed by atoms with E-state index in [0.717, 1.165) is 16.7 Å². The highest BCUT2D eigenvalue weighted by Crippen LogP contribution is 2.58. The van der Waals surface area contributed by atoms with Gasteiger partial charge >= 0.3 is 5.97 Å². The molecule has 4 atom stereocenters. The van der Waals surface area contributed by atoms with Gasteiger partial charge in [-0.05, 0) is 16.7 Å². The van der Waals surface area contributed by atoms with Gasteiger partial charge in [-0.15, -0.1) is 11.6 Å². The molecule has 0 aromatic heterocycles. The normalized spacial score (nSPS) is 26.8. The Kier molecular flexibility index (Phi) is 5.00. The quantitative estimate of drug-likeness (QED) is 0.277. The second-order valence-electron chi connectivity index (χ2n) is 7.73. The summed E-state index contributed by atoms with van der Waals surface area (Å²) in [6, 6.07) is 29.1. The molecular weight excluding hydrogens is 412 g/mol. The Morgan fingerprint density at radius 1 is 0.903 bits per heavy atom. The molecule has 0 aliphatic carbocycles. The highest BCUT2D eigenvalue weighted by Gasteiger charge is 2.69. The number of hydrogen-bond donors (Lipinski definition) is 1. The number of nitrogens with zero attached hydrogens (tertiary/aromatic N) is 1. The molecule has 1 N–H and O–H groups in total. The lowest BCUT2D eigenvalue weighted by Gasteiger charge is -2.50. The van der Waals surface area contributed by atoms with E-state index in [1.807, 2.05) is 83.8 Å². The van der Waals surface area contributed by atoms with E-state index in [1.54, 1.807) is 0 Å². The number of ether oxygens (including phenoxy) is 1. The molecule has 5 rings (SSSR count). The number of rotatable bonds is 6. The molecule has 2 saturated heterocycles. The number of halogens is 1. The fourth-order valence-electron chi connectivity index (χ4n) is 4.56. The minimum absolute atomic E-state index is 0.0732. The van der Waals surface area contributed by atoms with Gasteiger partial charge in [-0.2, -0.15) is 0 Å². The topological polar surface area (TPSA) is 68.6 Å². The van der Waals surface area contributed by atoms with Crippen LogP contribution in [-0.2, 0) is 20.0 Å². The average Bonchev–Trinajstić information content (AvgIpc) is 3.58. The Balaban J connectivity index is 1.59. The van der Waals surface area contributed by atoms with Gasteiger partial charge in [0, 0.05) is 0 Å². The summed E-state index contributed by atoms with van der Waals surface area (Å²) in [5.41, 5.74) is 2.27. The highest BCUT2D eigenvalue weighted by atomic mass is 35.5. The van der Waals surface area contributed by atoms with Crippen molar-refractivity contribution in [1.82, 2.24) is 10.2 Å². The van der Waals surface area contributed by atoms with E-state index in [2.05, 4.69) is 17.4 Å². The van der Waals surface area contributed by atoms with Gasteiger partial charge < -0.3 is 9.64 Å². The molecule has 3 aromatic rings. The van der Waals surface area contributed by atoms with Crippen molar-refractivity contribution in [2.24, 2.45) is 0 Å². The van der Waals surface area contributed by atoms with Crippen LogP contribution in [0.15, 0.2) is 91.0 Å². The van der Waals surface area contributed by atoms with Gasteiger partial charge in [0.25, 0.3) is 5.91 Å². The Bertz CT molecular complexity index is 1090. The SMILES string of the molecule is O=C(CCl)OC1C(=O)N([C@@]2(c3ccccc3)N[C@H]2c2ccccc2)C1c1ccccc1. The minimum Gasteiger partial charge on any atom is -0.449 e. The summed E-state index contributed by atoms with van der Waals surface area (Å²) in [6.45, 7) is 0. The van der Waals surface area contributed by atoms with E-state index in [0.29, 0.717) is 0 Å². The molecular formula is C25H21ClN2O3. The zero-order valence-corrected chi connectivity index (χ0v) is 17.4. The summed E-state index contributed by atoms with van der Waals surface area (Å²) in [5, 5.41) is 3.57. The third-order valence-corrected chi connectivity index (χ3v) is 6.20. The second-order valence-corrected chi connectivity index (χ2v) is 8.00. The largest absolute Gasteiger partial charge is 0.449 e. The van der Waals surface area contributed by atoms with Crippen LogP contribution in [0.2, 0.25) is 0 Å². The van der Waals surface area contributed by atoms with Crippen molar-refractivity contribution < 1.29 is 14.3 Å². The molecule has 2 unspecified atom stereocenters. The fraction of sp³-hybridized carbons (Fsp3) is 0.200. The number of hydrogen-bond acceptors (Lipinski definition) is 4. The molecule has 2 aliphatic rings. The maximum absolute atomic E-state index is 13.4. The van der Waals surface area contributed by atoms with Crippen LogP contribution >= 0.6 is 11.6 Å². The van der Waals surface area contributed by atoms with E-state index in [4.69, 9.17) is 16.3 Å². The van der Waals surface area contributed by atoms with Crippen molar-refractivity contribution in [1.29, 1.82) is 0 Å². The van der Waals surface area contributed by atoms with Crippen molar-refractivity contribution in [3.05, 3.63) is 108 Å². The highest BCUT2D eigenvalue weighted by molar-refractivity contribution is 6.26. The number of benzene rings is 3. The lowest BCUT2D eigenvalue weighted by molar-refractivity contribution is -0.190. The Morgan fingerprint density at radius 3 is 2.03 bits per heavy atom. The molecule has 2 aliphatic heterocycles. The zero-order chi connectivity index (χ0) is 21.4. The second kappa shape index (κ2) is 7.84. The molecule has 0 radical (unpaired) electrons. The summed E-state index contributed by atoms with van der Waals surface area (Å²) in [4.78, 5) is 27.1. The third kappa shape index (κ3) is 3.21. The van der Waals surface area contributed by atoms with Gasteiger partial charge in [-0.3, -0.25) is 14.9 Å². The van der Waals surface area contributed by atoms with Gasteiger partial charge in [0.2, 0.25) is 6.10 Å². The van der Waals surface area contributed by atoms with Crippen molar-refractivity contribution >= 4 is 23.5 Å². The van der Waals surface area contributed by atoms with Crippen molar-refractivity contribution in [3.8, 4) is 0 Å². The van der Waals surface area contributed by atoms with E-state index < -0.39 is 23.8 Å². The molecule has 3 aromatic carbocycles. The summed E-state index contributed by atoms with van der Waals surface area (Å²) in [6.07, 6.45) is -0.895. The van der Waals surface area contributed by atoms with Crippen molar-refractivity contribution in [2.75, 3.05) is 5.88 Å². The van der Waals surface area contributed by atoms with Crippen LogP contribution in [0.5, 0.6) is 0 Å². The van der Waals surface area contributed by atoms with E-state index >= 15 is 0 Å². The van der Waals surface area contributed by atoms with E-state index in [9.17, 15) is 9.59 Å². The first-order valence-corrected chi connectivity index (χ1v) is 10.7. The molecule has 0 bridgehead atoms. The summed E-state index contributed by atoms with van der Waals surface area (Å²) >= 11 is 5.64. The molecule has 0 saturated carbocycles. The number of alkyl halides is 1. The number of amides is 1. The first-order valence-electron chi connectivity index (χ1n) is 10.2. The van der Waals surface area contributed by atoms with Crippen LogP contribution in [0, 0.1) is 0 Å². The standard InChI is InChI=1S/C25H21ClN2O3/c26-16-20(29)31-22-21(17-10-4-1-5-11-17)28(24(22)30)25(19-14-8-3-9-15-19)23(27-25)18-12-6-2-7-13-18/h1-15,21-23,27H,16H2/t21?,22?,23-,25+/m0/s1. The van der Waals surface area contributed by atoms with Crippen molar-refractivity contribution in [2.45, 2.75) is 23.9 Å². The van der Waals surface area contributed by atoms with Gasteiger partial charge in [0.05, 0.1) is 6.04 Å². The van der Waals surface area contributed by atoms with Crippen molar-refractivity contribution in [3.63, 3.8) is 0 Å². The minimum atomic E-state index is -0.895. The zero-order valence-electron chi connectivity index (χ0n) is 16.6. The lowest BCUT2D eigenvalue weighted by Crippen LogP contribution is -2.65. The van der Waals surface area contributed by atoms with Crippen LogP contribution in [0.25, 0.3) is 0 Å². The average molecular weight is 433 g/mol. The molecule has 1 amide bonds. The number of β-lactam (4-membered cyclic amide) rings is 1. The number of carbonyl (C=O) groups excluding carboxylic acids is 2. The smallest absolute Gasteiger partial charge is 0.321 e. The van der Waals surface area contributed by atoms with Crippen LogP contribution in [0.4, 0.5) is 0 Å². The van der Waals surface area contributed by atoms with Gasteiger partial charge in [0.1, 0.15) is 17.6 Å². The molecule has 156 valence electrons. The number of likely N-dealkylation sites (tertiary alicyclic amines) is 1. The van der Waals surface area contributed by atoms with Gasteiger partial charge in [-0.25, -0.2) is 0 Å². The molecule has 2 fully saturated rings. The Morgan fingerprint density at radius 2 is 1.45 bits per heavy atom. The first kappa shape index (κ1) is 19.8. The monoisotopic (exact) mass is 432 g/mol. The summed E-state index contributed by atoms with van der Waals surface area (Å²) < 4.78 is 5.45. The van der Waals surface area contributed by atoms with Crippen LogP contribution < -0.4 is 5.32 Å². The van der Waals surface area contributed by atoms with Crippen LogP contribution in [0.1, 0.15) is 28.8 Å². The number of esters is 1. The van der Waals surface area contributed by atoms with Crippen LogP contribution in [0.3, 0.4) is 0 Å². The maximum atomic E-state index is 13.4. The Hall–Kier alpha value is -3.15. The van der Waals surface area contributed by atoms with Gasteiger partial charge in [0.15, 0.2) is 0 Å². The molecule has 0 spiro atoms. The molecule has 5 nitrogen and oxygen atoms in total. The first-order chi connectivity index (χ1) is 15.2. The molecule has 31 heavy (non-hydrogen) atoms. The predicted molar refractivity (Wildman–Crippen MR) is 117 cm³/mol. The predicted octanol–water partition coefficient (Wildman–Crippen LogP) is 3.92. The summed E-state index contributed by atoms with van der Waals surface area (Å²) in [7, 11) is 0. The third-order valence-electron chi connectivity index (χ3n) is 5.98. The number of carbonyl (C=O) groups is 2. The Labute approximate surface area is 185 Å². The summed E-state index contributed by atoms with van der Waals surface area (Å²) in [5.74, 6) is -1.13. The van der Waals surface area contributed by atoms with E-state index in [1.165, 1.54) is 0 Å². The molecule has 6 heteroatoms.